The Labute approximate surface area is 229 Å². The quantitative estimate of drug-likeness (QED) is 0.264. The van der Waals surface area contributed by atoms with Gasteiger partial charge in [-0.05, 0) is 91.7 Å². The lowest BCUT2D eigenvalue weighted by molar-refractivity contribution is -0.138. The number of carbonyl (C=O) groups excluding carboxylic acids is 1. The monoisotopic (exact) mass is 555 g/mol. The predicted octanol–water partition coefficient (Wildman–Crippen LogP) is 6.77. The molecule has 39 heavy (non-hydrogen) atoms. The van der Waals surface area contributed by atoms with E-state index in [1.807, 2.05) is 13.0 Å². The Hall–Kier alpha value is -3.43. The van der Waals surface area contributed by atoms with Crippen molar-refractivity contribution in [1.82, 2.24) is 19.9 Å². The van der Waals surface area contributed by atoms with Gasteiger partial charge in [0, 0.05) is 16.9 Å². The zero-order valence-electron chi connectivity index (χ0n) is 21.4. The number of benzene rings is 2. The number of fused-ring (bicyclic) bond motifs is 1. The van der Waals surface area contributed by atoms with Gasteiger partial charge >= 0.3 is 6.18 Å². The van der Waals surface area contributed by atoms with Gasteiger partial charge < -0.3 is 10.6 Å². The molecule has 2 N–H and O–H groups in total. The van der Waals surface area contributed by atoms with Crippen molar-refractivity contribution in [3.05, 3.63) is 82.8 Å². The molecular formula is C29H29ClF3N5O. The highest BCUT2D eigenvalue weighted by Crippen LogP contribution is 2.42. The second-order valence-electron chi connectivity index (χ2n) is 9.86. The highest BCUT2D eigenvalue weighted by Gasteiger charge is 2.37. The zero-order valence-corrected chi connectivity index (χ0v) is 22.2. The van der Waals surface area contributed by atoms with Gasteiger partial charge in [-0.25, -0.2) is 9.97 Å². The first-order chi connectivity index (χ1) is 18.7. The second-order valence-corrected chi connectivity index (χ2v) is 10.3. The fourth-order valence-corrected chi connectivity index (χ4v) is 5.74. The number of halogens is 4. The topological polar surface area (TPSA) is 71.8 Å². The molecule has 1 saturated heterocycles. The number of hydrogen-bond donors (Lipinski definition) is 2. The second kappa shape index (κ2) is 11.4. The van der Waals surface area contributed by atoms with Crippen molar-refractivity contribution in [1.29, 1.82) is 0 Å². The fraction of sp³-hybridized carbons (Fsp3) is 0.345. The minimum atomic E-state index is -4.53. The summed E-state index contributed by atoms with van der Waals surface area (Å²) < 4.78 is 44.2. The van der Waals surface area contributed by atoms with Gasteiger partial charge in [0.2, 0.25) is 5.91 Å². The third-order valence-electron chi connectivity index (χ3n) is 7.41. The molecule has 4 aromatic rings. The van der Waals surface area contributed by atoms with Gasteiger partial charge in [-0.3, -0.25) is 9.36 Å². The first kappa shape index (κ1) is 27.1. The lowest BCUT2D eigenvalue weighted by Crippen LogP contribution is -2.31. The molecule has 204 valence electrons. The van der Waals surface area contributed by atoms with Crippen LogP contribution in [0.1, 0.15) is 48.8 Å². The number of nitrogens with zero attached hydrogens (tertiary/aromatic N) is 3. The summed E-state index contributed by atoms with van der Waals surface area (Å²) in [6, 6.07) is 13.0. The summed E-state index contributed by atoms with van der Waals surface area (Å²) in [6.07, 6.45) is 1.03. The molecule has 1 fully saturated rings. The summed E-state index contributed by atoms with van der Waals surface area (Å²) in [7, 11) is 0. The van der Waals surface area contributed by atoms with Crippen LogP contribution in [0.2, 0.25) is 5.02 Å². The number of amides is 1. The number of nitrogens with one attached hydrogen (secondary N) is 2. The minimum absolute atomic E-state index is 0.0855. The van der Waals surface area contributed by atoms with Crippen LogP contribution < -0.4 is 10.6 Å². The Kier molecular flexibility index (Phi) is 7.91. The summed E-state index contributed by atoms with van der Waals surface area (Å²) in [5.41, 5.74) is 2.43. The molecule has 2 aromatic carbocycles. The maximum atomic E-state index is 14.1. The van der Waals surface area contributed by atoms with Gasteiger partial charge in [0.05, 0.1) is 17.7 Å². The normalized spacial score (nSPS) is 15.4. The summed E-state index contributed by atoms with van der Waals surface area (Å²) in [5, 5.41) is 6.26. The van der Waals surface area contributed by atoms with Crippen LogP contribution in [0.3, 0.4) is 0 Å². The number of pyridine rings is 1. The third-order valence-corrected chi connectivity index (χ3v) is 7.76. The van der Waals surface area contributed by atoms with Gasteiger partial charge in [-0.1, -0.05) is 30.7 Å². The smallest absolute Gasteiger partial charge is 0.326 e. The fourth-order valence-electron chi connectivity index (χ4n) is 5.50. The molecule has 1 aliphatic rings. The Morgan fingerprint density at radius 2 is 1.95 bits per heavy atom. The largest absolute Gasteiger partial charge is 0.416 e. The third kappa shape index (κ3) is 5.94. The number of alkyl halides is 3. The average molecular weight is 556 g/mol. The molecule has 1 amide bonds. The highest BCUT2D eigenvalue weighted by atomic mass is 35.5. The average Bonchev–Trinajstić information content (AvgIpc) is 3.35. The van der Waals surface area contributed by atoms with Crippen molar-refractivity contribution in [2.45, 2.75) is 44.7 Å². The lowest BCUT2D eigenvalue weighted by Gasteiger charge is -2.32. The molecule has 0 saturated carbocycles. The number of imidazole rings is 1. The van der Waals surface area contributed by atoms with Crippen LogP contribution in [-0.4, -0.2) is 33.5 Å². The van der Waals surface area contributed by atoms with E-state index in [-0.39, 0.29) is 23.9 Å². The van der Waals surface area contributed by atoms with E-state index in [1.54, 1.807) is 47.4 Å². The van der Waals surface area contributed by atoms with Crippen molar-refractivity contribution < 1.29 is 18.0 Å². The zero-order chi connectivity index (χ0) is 27.6. The Morgan fingerprint density at radius 3 is 2.67 bits per heavy atom. The summed E-state index contributed by atoms with van der Waals surface area (Å²) in [6.45, 7) is 3.56. The van der Waals surface area contributed by atoms with Gasteiger partial charge in [0.1, 0.15) is 11.8 Å². The molecule has 3 heterocycles. The number of aromatic nitrogens is 3. The molecular weight excluding hydrogens is 527 g/mol. The van der Waals surface area contributed by atoms with E-state index in [0.717, 1.165) is 43.2 Å². The number of rotatable bonds is 7. The predicted molar refractivity (Wildman–Crippen MR) is 146 cm³/mol. The van der Waals surface area contributed by atoms with Crippen LogP contribution in [0.15, 0.2) is 61.1 Å². The van der Waals surface area contributed by atoms with Crippen molar-refractivity contribution >= 4 is 34.4 Å². The van der Waals surface area contributed by atoms with Crippen LogP contribution in [0.5, 0.6) is 0 Å². The maximum Gasteiger partial charge on any atom is 0.416 e. The van der Waals surface area contributed by atoms with Crippen molar-refractivity contribution in [2.24, 2.45) is 5.92 Å². The van der Waals surface area contributed by atoms with E-state index in [9.17, 15) is 18.0 Å². The molecule has 0 aliphatic carbocycles. The van der Waals surface area contributed by atoms with E-state index in [0.29, 0.717) is 28.2 Å². The van der Waals surface area contributed by atoms with Crippen molar-refractivity contribution in [2.75, 3.05) is 18.4 Å². The van der Waals surface area contributed by atoms with E-state index >= 15 is 0 Å². The standard InChI is InChI=1S/C29H29ClF3N5O/c1-2-22(18-9-12-34-13-10-18)23-8-6-20(15-24(23)29(31,32)33)37-27(39)14-19-5-7-21(16-25(19)30)38-17-36-26-4-3-11-35-28(26)38/h3-8,11,15-18,22,34H,2,9-10,12-14H2,1H3,(H,37,39). The Balaban J connectivity index is 1.33. The van der Waals surface area contributed by atoms with Gasteiger partial charge in [-0.2, -0.15) is 13.2 Å². The van der Waals surface area contributed by atoms with Crippen molar-refractivity contribution in [3.8, 4) is 5.69 Å². The van der Waals surface area contributed by atoms with E-state index in [2.05, 4.69) is 20.6 Å². The summed E-state index contributed by atoms with van der Waals surface area (Å²) >= 11 is 6.49. The molecule has 10 heteroatoms. The summed E-state index contributed by atoms with van der Waals surface area (Å²) in [5.74, 6) is -0.446. The number of piperidine rings is 1. The van der Waals surface area contributed by atoms with Crippen molar-refractivity contribution in [3.63, 3.8) is 0 Å². The highest BCUT2D eigenvalue weighted by molar-refractivity contribution is 6.31. The molecule has 2 aromatic heterocycles. The first-order valence-electron chi connectivity index (χ1n) is 13.0. The van der Waals surface area contributed by atoms with Gasteiger partial charge in [0.25, 0.3) is 0 Å². The summed E-state index contributed by atoms with van der Waals surface area (Å²) in [4.78, 5) is 21.5. The molecule has 1 aliphatic heterocycles. The van der Waals surface area contributed by atoms with Gasteiger partial charge in [0.15, 0.2) is 5.65 Å². The number of hydrogen-bond acceptors (Lipinski definition) is 4. The maximum absolute atomic E-state index is 14.1. The van der Waals surface area contributed by atoms with Crippen LogP contribution >= 0.6 is 11.6 Å². The van der Waals surface area contributed by atoms with Gasteiger partial charge in [-0.15, -0.1) is 0 Å². The molecule has 0 spiro atoms. The van der Waals surface area contributed by atoms with E-state index in [4.69, 9.17) is 11.6 Å². The van der Waals surface area contributed by atoms with E-state index in [1.165, 1.54) is 6.07 Å². The van der Waals surface area contributed by atoms with Crippen LogP contribution in [-0.2, 0) is 17.4 Å². The lowest BCUT2D eigenvalue weighted by atomic mass is 9.77. The Bertz CT molecular complexity index is 1480. The molecule has 1 unspecified atom stereocenters. The van der Waals surface area contributed by atoms with Crippen LogP contribution in [0.4, 0.5) is 18.9 Å². The molecule has 5 rings (SSSR count). The number of carbonyl (C=O) groups is 1. The van der Waals surface area contributed by atoms with E-state index < -0.39 is 17.6 Å². The SMILES string of the molecule is CCC(c1ccc(NC(=O)Cc2ccc(-n3cnc4cccnc43)cc2Cl)cc1C(F)(F)F)C1CCNCC1. The Morgan fingerprint density at radius 1 is 1.15 bits per heavy atom. The van der Waals surface area contributed by atoms with Crippen LogP contribution in [0, 0.1) is 5.92 Å². The van der Waals surface area contributed by atoms with Crippen LogP contribution in [0.25, 0.3) is 16.9 Å². The molecule has 1 atom stereocenters. The minimum Gasteiger partial charge on any atom is -0.326 e. The molecule has 6 nitrogen and oxygen atoms in total. The molecule has 0 radical (unpaired) electrons. The first-order valence-corrected chi connectivity index (χ1v) is 13.4. The number of anilines is 1. The molecule has 0 bridgehead atoms.